The molecule has 2 unspecified atom stereocenters. The number of aliphatic carboxylic acids is 1. The van der Waals surface area contributed by atoms with Crippen LogP contribution in [0.1, 0.15) is 37.8 Å². The number of carboxylic acids is 1. The molecule has 0 spiro atoms. The molecule has 112 valence electrons. The molecule has 2 atom stereocenters. The average molecular weight is 302 g/mol. The number of hydrogen-bond acceptors (Lipinski definition) is 4. The molecular formula is C11H18N4O4S. The van der Waals surface area contributed by atoms with Crippen LogP contribution in [0.25, 0.3) is 0 Å². The molecule has 8 nitrogen and oxygen atoms in total. The van der Waals surface area contributed by atoms with Crippen LogP contribution in [0.15, 0.2) is 12.4 Å². The predicted octanol–water partition coefficient (Wildman–Crippen LogP) is 0.244. The Kier molecular flexibility index (Phi) is 4.41. The van der Waals surface area contributed by atoms with Gasteiger partial charge in [0.05, 0.1) is 6.20 Å². The lowest BCUT2D eigenvalue weighted by Gasteiger charge is -2.32. The van der Waals surface area contributed by atoms with Crippen LogP contribution < -0.4 is 4.72 Å². The number of hydrogen-bond donors (Lipinski definition) is 3. The highest BCUT2D eigenvalue weighted by molar-refractivity contribution is 7.87. The average Bonchev–Trinajstić information content (AvgIpc) is 2.92. The highest BCUT2D eigenvalue weighted by Gasteiger charge is 2.37. The van der Waals surface area contributed by atoms with Gasteiger partial charge in [-0.25, -0.2) is 0 Å². The van der Waals surface area contributed by atoms with Gasteiger partial charge in [-0.1, -0.05) is 0 Å². The highest BCUT2D eigenvalue weighted by Crippen LogP contribution is 2.21. The summed E-state index contributed by atoms with van der Waals surface area (Å²) >= 11 is 0. The summed E-state index contributed by atoms with van der Waals surface area (Å²) in [5.41, 5.74) is 0.692. The Hall–Kier alpha value is -1.45. The maximum Gasteiger partial charge on any atom is 0.322 e. The first-order valence-electron chi connectivity index (χ1n) is 6.42. The van der Waals surface area contributed by atoms with E-state index in [2.05, 4.69) is 14.9 Å². The van der Waals surface area contributed by atoms with E-state index < -0.39 is 28.3 Å². The number of carboxylic acid groups (broad SMARTS) is 1. The molecule has 9 heteroatoms. The van der Waals surface area contributed by atoms with Crippen molar-refractivity contribution in [3.8, 4) is 0 Å². The van der Waals surface area contributed by atoms with Crippen molar-refractivity contribution >= 4 is 16.2 Å². The topological polar surface area (TPSA) is 115 Å². The number of piperidine rings is 1. The van der Waals surface area contributed by atoms with Crippen LogP contribution in [0.5, 0.6) is 0 Å². The third-order valence-electron chi connectivity index (χ3n) is 3.39. The Morgan fingerprint density at radius 1 is 1.60 bits per heavy atom. The summed E-state index contributed by atoms with van der Waals surface area (Å²) in [5, 5.41) is 15.5. The lowest BCUT2D eigenvalue weighted by Crippen LogP contribution is -2.52. The van der Waals surface area contributed by atoms with E-state index in [0.717, 1.165) is 10.7 Å². The molecule has 1 aliphatic rings. The largest absolute Gasteiger partial charge is 0.480 e. The third kappa shape index (κ3) is 3.17. The van der Waals surface area contributed by atoms with E-state index in [1.165, 1.54) is 6.20 Å². The number of aromatic amines is 1. The molecule has 2 rings (SSSR count). The zero-order valence-electron chi connectivity index (χ0n) is 11.1. The quantitative estimate of drug-likeness (QED) is 0.721. The minimum atomic E-state index is -3.84. The van der Waals surface area contributed by atoms with Crippen LogP contribution >= 0.6 is 0 Å². The third-order valence-corrected chi connectivity index (χ3v) is 5.10. The maximum absolute atomic E-state index is 12.3. The molecule has 1 saturated heterocycles. The van der Waals surface area contributed by atoms with Crippen LogP contribution in [0.2, 0.25) is 0 Å². The van der Waals surface area contributed by atoms with Crippen LogP contribution in [-0.2, 0) is 15.0 Å². The van der Waals surface area contributed by atoms with Crippen molar-refractivity contribution in [2.45, 2.75) is 38.3 Å². The number of rotatable bonds is 5. The van der Waals surface area contributed by atoms with Crippen molar-refractivity contribution in [1.82, 2.24) is 19.2 Å². The zero-order chi connectivity index (χ0) is 14.8. The number of aromatic nitrogens is 2. The van der Waals surface area contributed by atoms with E-state index in [0.29, 0.717) is 18.4 Å². The van der Waals surface area contributed by atoms with Crippen LogP contribution in [-0.4, -0.2) is 46.6 Å². The van der Waals surface area contributed by atoms with Crippen molar-refractivity contribution in [2.75, 3.05) is 6.54 Å². The number of nitrogens with one attached hydrogen (secondary N) is 2. The van der Waals surface area contributed by atoms with Gasteiger partial charge in [0.2, 0.25) is 0 Å². The van der Waals surface area contributed by atoms with Gasteiger partial charge >= 0.3 is 5.97 Å². The van der Waals surface area contributed by atoms with Gasteiger partial charge in [-0.05, 0) is 26.2 Å². The summed E-state index contributed by atoms with van der Waals surface area (Å²) in [6.45, 7) is 1.91. The molecule has 2 heterocycles. The van der Waals surface area contributed by atoms with E-state index in [-0.39, 0.29) is 6.54 Å². The molecule has 0 aromatic carbocycles. The van der Waals surface area contributed by atoms with Gasteiger partial charge < -0.3 is 5.11 Å². The molecule has 0 amide bonds. The second-order valence-corrected chi connectivity index (χ2v) is 6.49. The Morgan fingerprint density at radius 3 is 2.95 bits per heavy atom. The van der Waals surface area contributed by atoms with Crippen molar-refractivity contribution < 1.29 is 18.3 Å². The Morgan fingerprint density at radius 2 is 2.35 bits per heavy atom. The summed E-state index contributed by atoms with van der Waals surface area (Å²) in [7, 11) is -3.84. The Balaban J connectivity index is 2.14. The smallest absolute Gasteiger partial charge is 0.322 e. The summed E-state index contributed by atoms with van der Waals surface area (Å²) in [5.74, 6) is -1.11. The molecule has 3 N–H and O–H groups in total. The summed E-state index contributed by atoms with van der Waals surface area (Å²) in [6.07, 6.45) is 4.86. The van der Waals surface area contributed by atoms with Crippen molar-refractivity contribution in [3.05, 3.63) is 18.0 Å². The summed E-state index contributed by atoms with van der Waals surface area (Å²) in [6, 6.07) is -1.46. The van der Waals surface area contributed by atoms with Crippen LogP contribution in [0, 0.1) is 0 Å². The highest BCUT2D eigenvalue weighted by atomic mass is 32.2. The van der Waals surface area contributed by atoms with Gasteiger partial charge in [0.15, 0.2) is 0 Å². The SMILES string of the molecule is CC(NS(=O)(=O)N1CCCCC1C(=O)O)c1cn[nH]c1. The molecule has 0 saturated carbocycles. The second-order valence-electron chi connectivity index (χ2n) is 4.84. The van der Waals surface area contributed by atoms with E-state index >= 15 is 0 Å². The zero-order valence-corrected chi connectivity index (χ0v) is 11.9. The van der Waals surface area contributed by atoms with E-state index in [4.69, 9.17) is 5.11 Å². The molecule has 1 aliphatic heterocycles. The van der Waals surface area contributed by atoms with Gasteiger partial charge in [-0.2, -0.15) is 22.5 Å². The number of H-pyrrole nitrogens is 1. The monoisotopic (exact) mass is 302 g/mol. The Labute approximate surface area is 117 Å². The molecule has 20 heavy (non-hydrogen) atoms. The van der Waals surface area contributed by atoms with E-state index in [1.807, 2.05) is 0 Å². The number of nitrogens with zero attached hydrogens (tertiary/aromatic N) is 2. The standard InChI is InChI=1S/C11H18N4O4S/c1-8(9-6-12-13-7-9)14-20(18,19)15-5-3-2-4-10(15)11(16)17/h6-8,10,14H,2-5H2,1H3,(H,12,13)(H,16,17). The first kappa shape index (κ1) is 14.9. The minimum Gasteiger partial charge on any atom is -0.480 e. The normalized spacial score (nSPS) is 22.6. The maximum atomic E-state index is 12.3. The van der Waals surface area contributed by atoms with Gasteiger partial charge in [0, 0.05) is 24.3 Å². The second kappa shape index (κ2) is 5.90. The van der Waals surface area contributed by atoms with E-state index in [1.54, 1.807) is 13.1 Å². The van der Waals surface area contributed by atoms with Gasteiger partial charge in [-0.15, -0.1) is 0 Å². The minimum absolute atomic E-state index is 0.227. The fourth-order valence-electron chi connectivity index (χ4n) is 2.30. The van der Waals surface area contributed by atoms with Crippen molar-refractivity contribution in [3.63, 3.8) is 0 Å². The molecule has 0 bridgehead atoms. The van der Waals surface area contributed by atoms with Crippen molar-refractivity contribution in [1.29, 1.82) is 0 Å². The Bertz CT molecular complexity index is 557. The summed E-state index contributed by atoms with van der Waals surface area (Å²) < 4.78 is 28.2. The lowest BCUT2D eigenvalue weighted by atomic mass is 10.1. The van der Waals surface area contributed by atoms with Crippen LogP contribution in [0.4, 0.5) is 0 Å². The van der Waals surface area contributed by atoms with E-state index in [9.17, 15) is 13.2 Å². The fraction of sp³-hybridized carbons (Fsp3) is 0.636. The molecule has 0 radical (unpaired) electrons. The van der Waals surface area contributed by atoms with Crippen LogP contribution in [0.3, 0.4) is 0 Å². The van der Waals surface area contributed by atoms with Gasteiger partial charge in [-0.3, -0.25) is 9.89 Å². The molecule has 1 fully saturated rings. The lowest BCUT2D eigenvalue weighted by molar-refractivity contribution is -0.142. The van der Waals surface area contributed by atoms with Gasteiger partial charge in [0.1, 0.15) is 6.04 Å². The summed E-state index contributed by atoms with van der Waals surface area (Å²) in [4.78, 5) is 11.2. The molecular weight excluding hydrogens is 284 g/mol. The first-order valence-corrected chi connectivity index (χ1v) is 7.86. The first-order chi connectivity index (χ1) is 9.42. The number of carbonyl (C=O) groups is 1. The fourth-order valence-corrected chi connectivity index (χ4v) is 3.91. The predicted molar refractivity (Wildman–Crippen MR) is 71.0 cm³/mol. The molecule has 0 aliphatic carbocycles. The molecule has 1 aromatic rings. The van der Waals surface area contributed by atoms with Gasteiger partial charge in [0.25, 0.3) is 10.2 Å². The van der Waals surface area contributed by atoms with Crippen molar-refractivity contribution in [2.24, 2.45) is 0 Å². The molecule has 1 aromatic heterocycles.